The van der Waals surface area contributed by atoms with Crippen LogP contribution in [0.3, 0.4) is 0 Å². The first kappa shape index (κ1) is 22.8. The molecule has 0 saturated heterocycles. The van der Waals surface area contributed by atoms with Gasteiger partial charge in [-0.2, -0.15) is 0 Å². The Labute approximate surface area is 203 Å². The molecule has 1 aliphatic heterocycles. The number of hydrogen-bond acceptors (Lipinski definition) is 7. The fourth-order valence-electron chi connectivity index (χ4n) is 4.49. The van der Waals surface area contributed by atoms with Crippen LogP contribution in [-0.2, 0) is 13.0 Å². The maximum atomic E-state index is 13.4. The zero-order chi connectivity index (χ0) is 24.4. The van der Waals surface area contributed by atoms with Crippen molar-refractivity contribution >= 4 is 11.0 Å². The Bertz CT molecular complexity index is 1430. The molecule has 0 bridgehead atoms. The van der Waals surface area contributed by atoms with Gasteiger partial charge in [0, 0.05) is 13.1 Å². The number of hydrogen-bond donors (Lipinski definition) is 0. The Balaban J connectivity index is 1.44. The molecule has 1 aliphatic rings. The predicted molar refractivity (Wildman–Crippen MR) is 134 cm³/mol. The van der Waals surface area contributed by atoms with Crippen LogP contribution in [0.25, 0.3) is 22.1 Å². The first-order valence-electron chi connectivity index (χ1n) is 11.4. The van der Waals surface area contributed by atoms with Gasteiger partial charge in [0.05, 0.1) is 37.8 Å². The third-order valence-electron chi connectivity index (χ3n) is 6.37. The highest BCUT2D eigenvalue weighted by Gasteiger charge is 2.23. The summed E-state index contributed by atoms with van der Waals surface area (Å²) in [6, 6.07) is 17.0. The summed E-state index contributed by atoms with van der Waals surface area (Å²) in [5.41, 5.74) is 3.63. The lowest BCUT2D eigenvalue weighted by Gasteiger charge is -2.29. The SMILES string of the molecule is COc1ccccc1CCN1COc2ccc3c(=O)c(-c4ccc(OC)c(OC)c4)coc3c2C1. The summed E-state index contributed by atoms with van der Waals surface area (Å²) in [6.45, 7) is 1.88. The lowest BCUT2D eigenvalue weighted by Crippen LogP contribution is -2.33. The second-order valence-corrected chi connectivity index (χ2v) is 8.36. The van der Waals surface area contributed by atoms with Crippen molar-refractivity contribution < 1.29 is 23.4 Å². The minimum Gasteiger partial charge on any atom is -0.496 e. The highest BCUT2D eigenvalue weighted by molar-refractivity contribution is 5.86. The molecule has 7 nitrogen and oxygen atoms in total. The second-order valence-electron chi connectivity index (χ2n) is 8.36. The van der Waals surface area contributed by atoms with E-state index in [0.717, 1.165) is 35.6 Å². The first-order valence-corrected chi connectivity index (χ1v) is 11.4. The van der Waals surface area contributed by atoms with E-state index in [1.165, 1.54) is 6.26 Å². The maximum absolute atomic E-state index is 13.4. The molecule has 0 amide bonds. The van der Waals surface area contributed by atoms with Crippen molar-refractivity contribution in [3.05, 3.63) is 82.2 Å². The lowest BCUT2D eigenvalue weighted by molar-refractivity contribution is 0.0966. The van der Waals surface area contributed by atoms with Crippen molar-refractivity contribution in [2.75, 3.05) is 34.6 Å². The summed E-state index contributed by atoms with van der Waals surface area (Å²) in [5, 5.41) is 0.520. The second kappa shape index (κ2) is 9.72. The Morgan fingerprint density at radius 2 is 1.71 bits per heavy atom. The maximum Gasteiger partial charge on any atom is 0.200 e. The van der Waals surface area contributed by atoms with Gasteiger partial charge < -0.3 is 23.4 Å². The van der Waals surface area contributed by atoms with Gasteiger partial charge >= 0.3 is 0 Å². The topological polar surface area (TPSA) is 70.4 Å². The van der Waals surface area contributed by atoms with E-state index in [4.69, 9.17) is 23.4 Å². The van der Waals surface area contributed by atoms with Gasteiger partial charge in [0.2, 0.25) is 5.43 Å². The van der Waals surface area contributed by atoms with Crippen LogP contribution >= 0.6 is 0 Å². The van der Waals surface area contributed by atoms with Crippen LogP contribution in [0.2, 0.25) is 0 Å². The van der Waals surface area contributed by atoms with Gasteiger partial charge in [-0.3, -0.25) is 9.69 Å². The highest BCUT2D eigenvalue weighted by atomic mass is 16.5. The van der Waals surface area contributed by atoms with E-state index >= 15 is 0 Å². The van der Waals surface area contributed by atoms with Crippen molar-refractivity contribution in [1.82, 2.24) is 4.90 Å². The molecule has 2 heterocycles. The average Bonchev–Trinajstić information content (AvgIpc) is 2.91. The number of ether oxygens (including phenoxy) is 4. The van der Waals surface area contributed by atoms with Crippen LogP contribution in [0.4, 0.5) is 0 Å². The Hall–Kier alpha value is -3.97. The van der Waals surface area contributed by atoms with Crippen molar-refractivity contribution in [3.8, 4) is 34.1 Å². The van der Waals surface area contributed by atoms with Crippen molar-refractivity contribution in [2.24, 2.45) is 0 Å². The number of para-hydroxylation sites is 1. The van der Waals surface area contributed by atoms with E-state index in [1.54, 1.807) is 39.5 Å². The number of fused-ring (bicyclic) bond motifs is 3. The number of methoxy groups -OCH3 is 3. The van der Waals surface area contributed by atoms with Crippen LogP contribution in [0, 0.1) is 0 Å². The monoisotopic (exact) mass is 473 g/mol. The summed E-state index contributed by atoms with van der Waals surface area (Å²) >= 11 is 0. The van der Waals surface area contributed by atoms with Gasteiger partial charge in [-0.15, -0.1) is 0 Å². The molecule has 0 N–H and O–H groups in total. The van der Waals surface area contributed by atoms with E-state index in [0.29, 0.717) is 46.9 Å². The predicted octanol–water partition coefficient (Wildman–Crippen LogP) is 4.88. The van der Waals surface area contributed by atoms with Crippen LogP contribution in [0.15, 0.2) is 70.1 Å². The third kappa shape index (κ3) is 4.31. The van der Waals surface area contributed by atoms with Crippen LogP contribution in [-0.4, -0.2) is 39.5 Å². The molecule has 1 aromatic heterocycles. The van der Waals surface area contributed by atoms with E-state index in [9.17, 15) is 4.79 Å². The summed E-state index contributed by atoms with van der Waals surface area (Å²) in [7, 11) is 4.83. The van der Waals surface area contributed by atoms with E-state index in [2.05, 4.69) is 11.0 Å². The molecule has 35 heavy (non-hydrogen) atoms. The van der Waals surface area contributed by atoms with Gasteiger partial charge in [-0.25, -0.2) is 0 Å². The Morgan fingerprint density at radius 1 is 0.914 bits per heavy atom. The van der Waals surface area contributed by atoms with Crippen LogP contribution in [0.1, 0.15) is 11.1 Å². The van der Waals surface area contributed by atoms with Gasteiger partial charge in [-0.05, 0) is 47.9 Å². The summed E-state index contributed by atoms with van der Waals surface area (Å²) < 4.78 is 28.2. The molecule has 0 radical (unpaired) electrons. The Morgan fingerprint density at radius 3 is 2.51 bits per heavy atom. The highest BCUT2D eigenvalue weighted by Crippen LogP contribution is 2.35. The largest absolute Gasteiger partial charge is 0.496 e. The van der Waals surface area contributed by atoms with Gasteiger partial charge in [0.1, 0.15) is 30.1 Å². The van der Waals surface area contributed by atoms with Crippen molar-refractivity contribution in [2.45, 2.75) is 13.0 Å². The minimum absolute atomic E-state index is 0.104. The summed E-state index contributed by atoms with van der Waals surface area (Å²) in [6.07, 6.45) is 2.33. The summed E-state index contributed by atoms with van der Waals surface area (Å²) in [5.74, 6) is 2.77. The third-order valence-corrected chi connectivity index (χ3v) is 6.37. The quantitative estimate of drug-likeness (QED) is 0.379. The van der Waals surface area contributed by atoms with Crippen molar-refractivity contribution in [3.63, 3.8) is 0 Å². The standard InChI is InChI=1S/C28H27NO6/c1-31-23-7-5-4-6-18(23)12-13-29-15-21-24(35-17-29)11-9-20-27(30)22(16-34-28(20)21)19-8-10-25(32-2)26(14-19)33-3/h4-11,14,16H,12-13,15,17H2,1-3H3. The van der Waals surface area contributed by atoms with E-state index in [1.807, 2.05) is 30.3 Å². The lowest BCUT2D eigenvalue weighted by atomic mass is 10.0. The molecular weight excluding hydrogens is 446 g/mol. The van der Waals surface area contributed by atoms with Crippen molar-refractivity contribution in [1.29, 1.82) is 0 Å². The average molecular weight is 474 g/mol. The molecule has 0 spiro atoms. The normalized spacial score (nSPS) is 13.2. The molecule has 0 saturated carbocycles. The van der Waals surface area contributed by atoms with Gasteiger partial charge in [0.15, 0.2) is 11.5 Å². The summed E-state index contributed by atoms with van der Waals surface area (Å²) in [4.78, 5) is 15.6. The first-order chi connectivity index (χ1) is 17.1. The zero-order valence-corrected chi connectivity index (χ0v) is 20.0. The fraction of sp³-hybridized carbons (Fsp3) is 0.250. The van der Waals surface area contributed by atoms with Crippen LogP contribution < -0.4 is 24.4 Å². The zero-order valence-electron chi connectivity index (χ0n) is 20.0. The number of nitrogens with zero attached hydrogens (tertiary/aromatic N) is 1. The molecular formula is C28H27NO6. The van der Waals surface area contributed by atoms with E-state index in [-0.39, 0.29) is 5.43 Å². The molecule has 0 aliphatic carbocycles. The number of benzene rings is 3. The van der Waals surface area contributed by atoms with E-state index < -0.39 is 0 Å². The number of rotatable bonds is 7. The molecule has 5 rings (SSSR count). The van der Waals surface area contributed by atoms with Gasteiger partial charge in [-0.1, -0.05) is 24.3 Å². The van der Waals surface area contributed by atoms with Crippen LogP contribution in [0.5, 0.6) is 23.0 Å². The molecule has 0 atom stereocenters. The molecule has 180 valence electrons. The molecule has 0 fully saturated rings. The molecule has 0 unspecified atom stereocenters. The Kier molecular flexibility index (Phi) is 6.33. The molecule has 7 heteroatoms. The molecule has 4 aromatic rings. The van der Waals surface area contributed by atoms with Gasteiger partial charge in [0.25, 0.3) is 0 Å². The fourth-order valence-corrected chi connectivity index (χ4v) is 4.49. The molecule has 3 aromatic carbocycles. The minimum atomic E-state index is -0.104. The smallest absolute Gasteiger partial charge is 0.200 e.